The van der Waals surface area contributed by atoms with E-state index in [0.717, 1.165) is 11.0 Å². The lowest BCUT2D eigenvalue weighted by Crippen LogP contribution is -2.18. The topological polar surface area (TPSA) is 63.8 Å². The number of rotatable bonds is 2. The molecule has 0 fully saturated rings. The van der Waals surface area contributed by atoms with E-state index in [-0.39, 0.29) is 6.54 Å². The van der Waals surface area contributed by atoms with Gasteiger partial charge in [-0.2, -0.15) is 0 Å². The number of aromatic nitrogens is 2. The normalized spacial score (nSPS) is 10.7. The molecule has 78 valence electrons. The van der Waals surface area contributed by atoms with Crippen molar-refractivity contribution in [3.05, 3.63) is 28.0 Å². The Morgan fingerprint density at radius 1 is 1.60 bits per heavy atom. The number of aromatic amines is 1. The summed E-state index contributed by atoms with van der Waals surface area (Å²) in [5, 5.41) is 0.616. The second-order valence-corrected chi connectivity index (χ2v) is 3.97. The van der Waals surface area contributed by atoms with Crippen molar-refractivity contribution in [1.82, 2.24) is 9.55 Å². The first-order valence-corrected chi connectivity index (χ1v) is 5.03. The van der Waals surface area contributed by atoms with Gasteiger partial charge >= 0.3 is 0 Å². The van der Waals surface area contributed by atoms with Crippen molar-refractivity contribution < 1.29 is 4.79 Å². The molecule has 4 nitrogen and oxygen atoms in total. The number of nitrogens with two attached hydrogens (primary N) is 1. The van der Waals surface area contributed by atoms with Gasteiger partial charge in [0.1, 0.15) is 6.54 Å². The Balaban J connectivity index is 2.68. The van der Waals surface area contributed by atoms with Crippen LogP contribution in [-0.2, 0) is 11.3 Å². The van der Waals surface area contributed by atoms with Crippen LogP contribution in [-0.4, -0.2) is 15.5 Å². The van der Waals surface area contributed by atoms with Crippen LogP contribution in [0.25, 0.3) is 11.0 Å². The van der Waals surface area contributed by atoms with E-state index in [4.69, 9.17) is 29.6 Å². The summed E-state index contributed by atoms with van der Waals surface area (Å²) in [5.74, 6) is -0.429. The summed E-state index contributed by atoms with van der Waals surface area (Å²) < 4.78 is 2.11. The summed E-state index contributed by atoms with van der Waals surface area (Å²) in [6.07, 6.45) is 0. The highest BCUT2D eigenvalue weighted by Gasteiger charge is 2.06. The molecule has 0 aliphatic heterocycles. The fraction of sp³-hybridized carbons (Fsp3) is 0.111. The van der Waals surface area contributed by atoms with E-state index < -0.39 is 5.91 Å². The van der Waals surface area contributed by atoms with Gasteiger partial charge < -0.3 is 15.3 Å². The third-order valence-corrected chi connectivity index (χ3v) is 2.61. The fourth-order valence-corrected chi connectivity index (χ4v) is 1.89. The van der Waals surface area contributed by atoms with E-state index >= 15 is 0 Å². The number of amides is 1. The molecule has 0 bridgehead atoms. The Hall–Kier alpha value is -1.33. The number of carbonyl (C=O) groups is 1. The van der Waals surface area contributed by atoms with Crippen molar-refractivity contribution in [1.29, 1.82) is 0 Å². The second-order valence-electron chi connectivity index (χ2n) is 3.14. The van der Waals surface area contributed by atoms with Crippen LogP contribution in [0.1, 0.15) is 0 Å². The molecule has 0 unspecified atom stereocenters. The minimum Gasteiger partial charge on any atom is -0.368 e. The summed E-state index contributed by atoms with van der Waals surface area (Å²) in [7, 11) is 0. The van der Waals surface area contributed by atoms with Crippen molar-refractivity contribution in [2.45, 2.75) is 6.54 Å². The highest BCUT2D eigenvalue weighted by Crippen LogP contribution is 2.18. The number of hydrogen-bond acceptors (Lipinski definition) is 2. The number of primary amides is 1. The Bertz CT molecular complexity index is 587. The highest BCUT2D eigenvalue weighted by atomic mass is 35.5. The number of halogens is 1. The SMILES string of the molecule is NC(=O)Cn1c(=S)[nH]c2cc(Cl)ccc21. The van der Waals surface area contributed by atoms with E-state index in [1.807, 2.05) is 0 Å². The summed E-state index contributed by atoms with van der Waals surface area (Å²) in [6.45, 7) is 0.0699. The highest BCUT2D eigenvalue weighted by molar-refractivity contribution is 7.71. The lowest BCUT2D eigenvalue weighted by atomic mass is 10.3. The van der Waals surface area contributed by atoms with Crippen molar-refractivity contribution in [2.24, 2.45) is 5.73 Å². The lowest BCUT2D eigenvalue weighted by Gasteiger charge is -2.00. The molecule has 1 amide bonds. The average Bonchev–Trinajstić information content (AvgIpc) is 2.41. The molecule has 1 aromatic heterocycles. The van der Waals surface area contributed by atoms with Crippen LogP contribution in [0.3, 0.4) is 0 Å². The van der Waals surface area contributed by atoms with Gasteiger partial charge in [0.05, 0.1) is 11.0 Å². The number of carbonyl (C=O) groups excluding carboxylic acids is 1. The van der Waals surface area contributed by atoms with Crippen LogP contribution in [0.2, 0.25) is 5.02 Å². The van der Waals surface area contributed by atoms with Gasteiger partial charge in [-0.3, -0.25) is 4.79 Å². The molecule has 0 aliphatic rings. The first-order valence-electron chi connectivity index (χ1n) is 4.24. The van der Waals surface area contributed by atoms with Gasteiger partial charge in [0.2, 0.25) is 5.91 Å². The van der Waals surface area contributed by atoms with Gasteiger partial charge in [-0.25, -0.2) is 0 Å². The molecule has 2 aromatic rings. The van der Waals surface area contributed by atoms with E-state index in [2.05, 4.69) is 4.98 Å². The fourth-order valence-electron chi connectivity index (χ4n) is 1.45. The van der Waals surface area contributed by atoms with Crippen LogP contribution in [0.15, 0.2) is 18.2 Å². The van der Waals surface area contributed by atoms with Crippen molar-refractivity contribution in [3.63, 3.8) is 0 Å². The van der Waals surface area contributed by atoms with E-state index in [1.54, 1.807) is 22.8 Å². The van der Waals surface area contributed by atoms with Crippen molar-refractivity contribution in [2.75, 3.05) is 0 Å². The minimum atomic E-state index is -0.429. The molecule has 0 radical (unpaired) electrons. The van der Waals surface area contributed by atoms with Gasteiger partial charge in [0.15, 0.2) is 4.77 Å². The maximum Gasteiger partial charge on any atom is 0.237 e. The zero-order valence-electron chi connectivity index (χ0n) is 7.66. The molecule has 0 aliphatic carbocycles. The van der Waals surface area contributed by atoms with Crippen LogP contribution in [0.4, 0.5) is 0 Å². The molecular formula is C9H8ClN3OS. The first-order chi connectivity index (χ1) is 7.08. The van der Waals surface area contributed by atoms with Gasteiger partial charge in [0.25, 0.3) is 0 Å². The third-order valence-electron chi connectivity index (χ3n) is 2.05. The zero-order valence-corrected chi connectivity index (χ0v) is 9.23. The Morgan fingerprint density at radius 3 is 3.00 bits per heavy atom. The Labute approximate surface area is 95.6 Å². The number of nitrogens with zero attached hydrogens (tertiary/aromatic N) is 1. The standard InChI is InChI=1S/C9H8ClN3OS/c10-5-1-2-7-6(3-5)12-9(15)13(7)4-8(11)14/h1-3H,4H2,(H2,11,14)(H,12,15). The van der Waals surface area contributed by atoms with Crippen LogP contribution < -0.4 is 5.73 Å². The molecule has 0 spiro atoms. The Morgan fingerprint density at radius 2 is 2.33 bits per heavy atom. The summed E-state index contributed by atoms with van der Waals surface area (Å²) >= 11 is 10.9. The zero-order chi connectivity index (χ0) is 11.0. The van der Waals surface area contributed by atoms with Gasteiger partial charge in [0, 0.05) is 5.02 Å². The van der Waals surface area contributed by atoms with Crippen LogP contribution in [0.5, 0.6) is 0 Å². The molecule has 0 atom stereocenters. The van der Waals surface area contributed by atoms with E-state index in [0.29, 0.717) is 9.79 Å². The van der Waals surface area contributed by atoms with Gasteiger partial charge in [-0.1, -0.05) is 11.6 Å². The largest absolute Gasteiger partial charge is 0.368 e. The molecule has 3 N–H and O–H groups in total. The molecule has 2 rings (SSSR count). The monoisotopic (exact) mass is 241 g/mol. The van der Waals surface area contributed by atoms with Crippen LogP contribution in [0, 0.1) is 4.77 Å². The smallest absolute Gasteiger partial charge is 0.237 e. The Kier molecular flexibility index (Phi) is 2.50. The second kappa shape index (κ2) is 3.67. The number of benzene rings is 1. The van der Waals surface area contributed by atoms with E-state index in [9.17, 15) is 4.79 Å². The summed E-state index contributed by atoms with van der Waals surface area (Å²) in [4.78, 5) is 13.8. The van der Waals surface area contributed by atoms with Crippen molar-refractivity contribution in [3.8, 4) is 0 Å². The maximum absolute atomic E-state index is 10.8. The lowest BCUT2D eigenvalue weighted by molar-refractivity contribution is -0.118. The predicted octanol–water partition coefficient (Wildman–Crippen LogP) is 1.84. The number of H-pyrrole nitrogens is 1. The minimum absolute atomic E-state index is 0.0699. The molecular weight excluding hydrogens is 234 g/mol. The average molecular weight is 242 g/mol. The summed E-state index contributed by atoms with van der Waals surface area (Å²) in [5.41, 5.74) is 6.75. The molecule has 1 heterocycles. The number of imidazole rings is 1. The third kappa shape index (κ3) is 1.88. The van der Waals surface area contributed by atoms with E-state index in [1.165, 1.54) is 0 Å². The quantitative estimate of drug-likeness (QED) is 0.788. The predicted molar refractivity (Wildman–Crippen MR) is 61.3 cm³/mol. The van der Waals surface area contributed by atoms with Crippen LogP contribution >= 0.6 is 23.8 Å². The maximum atomic E-state index is 10.8. The van der Waals surface area contributed by atoms with Gasteiger partial charge in [-0.05, 0) is 30.4 Å². The first kappa shape index (κ1) is 10.2. The van der Waals surface area contributed by atoms with Gasteiger partial charge in [-0.15, -0.1) is 0 Å². The molecule has 0 saturated heterocycles. The van der Waals surface area contributed by atoms with Crippen molar-refractivity contribution >= 4 is 40.8 Å². The molecule has 6 heteroatoms. The number of hydrogen-bond donors (Lipinski definition) is 2. The molecule has 15 heavy (non-hydrogen) atoms. The molecule has 0 saturated carbocycles. The number of nitrogens with one attached hydrogen (secondary N) is 1. The summed E-state index contributed by atoms with van der Waals surface area (Å²) in [6, 6.07) is 5.29. The molecule has 1 aromatic carbocycles. The number of fused-ring (bicyclic) bond motifs is 1.